The van der Waals surface area contributed by atoms with E-state index in [4.69, 9.17) is 14.5 Å². The lowest BCUT2D eigenvalue weighted by atomic mass is 10.1. The van der Waals surface area contributed by atoms with E-state index in [0.29, 0.717) is 19.8 Å². The van der Waals surface area contributed by atoms with Gasteiger partial charge in [0.25, 0.3) is 0 Å². The summed E-state index contributed by atoms with van der Waals surface area (Å²) in [5.41, 5.74) is 2.27. The number of benzene rings is 1. The monoisotopic (exact) mass is 376 g/mol. The van der Waals surface area contributed by atoms with E-state index >= 15 is 0 Å². The van der Waals surface area contributed by atoms with Crippen molar-refractivity contribution >= 4 is 5.96 Å². The van der Waals surface area contributed by atoms with Crippen molar-refractivity contribution in [2.24, 2.45) is 4.99 Å². The summed E-state index contributed by atoms with van der Waals surface area (Å²) in [5, 5.41) is 6.79. The quantitative estimate of drug-likeness (QED) is 0.334. The first-order valence-corrected chi connectivity index (χ1v) is 10.1. The molecule has 0 spiro atoms. The van der Waals surface area contributed by atoms with Gasteiger partial charge in [0.1, 0.15) is 12.4 Å². The van der Waals surface area contributed by atoms with Crippen LogP contribution in [0.1, 0.15) is 37.8 Å². The predicted molar refractivity (Wildman–Crippen MR) is 112 cm³/mol. The summed E-state index contributed by atoms with van der Waals surface area (Å²) in [5.74, 6) is 1.74. The van der Waals surface area contributed by atoms with E-state index < -0.39 is 0 Å². The van der Waals surface area contributed by atoms with Crippen LogP contribution in [0.4, 0.5) is 0 Å². The van der Waals surface area contributed by atoms with Crippen LogP contribution >= 0.6 is 0 Å². The van der Waals surface area contributed by atoms with Crippen LogP contribution in [0.5, 0.6) is 5.75 Å². The van der Waals surface area contributed by atoms with Crippen LogP contribution in [0, 0.1) is 6.92 Å². The SMILES string of the molecule is CCNC(=NCc1ccc(C)cc1OCCOC)NCCN(CC)C1CC1. The first-order chi connectivity index (χ1) is 13.2. The Balaban J connectivity index is 1.92. The van der Waals surface area contributed by atoms with Gasteiger partial charge in [-0.05, 0) is 44.9 Å². The number of rotatable bonds is 12. The summed E-state index contributed by atoms with van der Waals surface area (Å²) in [4.78, 5) is 7.29. The lowest BCUT2D eigenvalue weighted by Crippen LogP contribution is -2.42. The Hall–Kier alpha value is -1.79. The molecule has 2 N–H and O–H groups in total. The third kappa shape index (κ3) is 7.77. The minimum Gasteiger partial charge on any atom is -0.491 e. The van der Waals surface area contributed by atoms with Gasteiger partial charge >= 0.3 is 0 Å². The van der Waals surface area contributed by atoms with Crippen LogP contribution in [0.3, 0.4) is 0 Å². The summed E-state index contributed by atoms with van der Waals surface area (Å²) < 4.78 is 11.0. The van der Waals surface area contributed by atoms with Crippen LogP contribution in [-0.2, 0) is 11.3 Å². The molecule has 0 radical (unpaired) electrons. The zero-order valence-electron chi connectivity index (χ0n) is 17.4. The van der Waals surface area contributed by atoms with E-state index in [0.717, 1.165) is 49.5 Å². The van der Waals surface area contributed by atoms with Crippen LogP contribution in [0.2, 0.25) is 0 Å². The van der Waals surface area contributed by atoms with Gasteiger partial charge in [0, 0.05) is 38.3 Å². The van der Waals surface area contributed by atoms with Crippen molar-refractivity contribution in [1.29, 1.82) is 0 Å². The number of methoxy groups -OCH3 is 1. The van der Waals surface area contributed by atoms with Crippen molar-refractivity contribution < 1.29 is 9.47 Å². The lowest BCUT2D eigenvalue weighted by Gasteiger charge is -2.20. The molecule has 27 heavy (non-hydrogen) atoms. The van der Waals surface area contributed by atoms with Gasteiger partial charge in [-0.1, -0.05) is 19.1 Å². The smallest absolute Gasteiger partial charge is 0.191 e. The zero-order valence-corrected chi connectivity index (χ0v) is 17.4. The molecule has 1 fully saturated rings. The number of hydrogen-bond acceptors (Lipinski definition) is 4. The average Bonchev–Trinajstić information content (AvgIpc) is 3.49. The van der Waals surface area contributed by atoms with Crippen molar-refractivity contribution in [3.05, 3.63) is 29.3 Å². The van der Waals surface area contributed by atoms with E-state index in [1.54, 1.807) is 7.11 Å². The Labute approximate surface area is 164 Å². The molecule has 0 bridgehead atoms. The van der Waals surface area contributed by atoms with E-state index in [1.165, 1.54) is 18.4 Å². The van der Waals surface area contributed by atoms with Crippen molar-refractivity contribution in [2.45, 2.75) is 46.2 Å². The number of nitrogens with one attached hydrogen (secondary N) is 2. The minimum absolute atomic E-state index is 0.545. The highest BCUT2D eigenvalue weighted by atomic mass is 16.5. The molecule has 152 valence electrons. The second-order valence-electron chi connectivity index (χ2n) is 6.93. The van der Waals surface area contributed by atoms with Gasteiger partial charge in [0.2, 0.25) is 0 Å². The third-order valence-corrected chi connectivity index (χ3v) is 4.68. The maximum Gasteiger partial charge on any atom is 0.191 e. The Morgan fingerprint density at radius 3 is 2.70 bits per heavy atom. The van der Waals surface area contributed by atoms with E-state index in [1.807, 2.05) is 0 Å². The number of likely N-dealkylation sites (N-methyl/N-ethyl adjacent to an activating group) is 1. The Bertz CT molecular complexity index is 588. The molecule has 1 aromatic rings. The largest absolute Gasteiger partial charge is 0.491 e. The molecule has 6 nitrogen and oxygen atoms in total. The molecule has 1 aliphatic carbocycles. The molecule has 1 aromatic carbocycles. The van der Waals surface area contributed by atoms with Gasteiger partial charge in [0.05, 0.1) is 13.2 Å². The van der Waals surface area contributed by atoms with Gasteiger partial charge < -0.3 is 20.1 Å². The van der Waals surface area contributed by atoms with Crippen LogP contribution in [0.15, 0.2) is 23.2 Å². The van der Waals surface area contributed by atoms with Crippen molar-refractivity contribution in [2.75, 3.05) is 46.5 Å². The van der Waals surface area contributed by atoms with Crippen LogP contribution in [-0.4, -0.2) is 63.4 Å². The molecular formula is C21H36N4O2. The van der Waals surface area contributed by atoms with Crippen molar-refractivity contribution in [3.63, 3.8) is 0 Å². The number of guanidine groups is 1. The summed E-state index contributed by atoms with van der Waals surface area (Å²) in [6.45, 7) is 12.0. The molecule has 0 atom stereocenters. The lowest BCUT2D eigenvalue weighted by molar-refractivity contribution is 0.145. The van der Waals surface area contributed by atoms with E-state index in [-0.39, 0.29) is 0 Å². The standard InChI is InChI=1S/C21H36N4O2/c1-5-22-21(23-11-12-25(6-2)19-9-10-19)24-16-18-8-7-17(3)15-20(18)27-14-13-26-4/h7-8,15,19H,5-6,9-14,16H2,1-4H3,(H2,22,23,24). The maximum atomic E-state index is 5.87. The number of hydrogen-bond donors (Lipinski definition) is 2. The van der Waals surface area contributed by atoms with Crippen molar-refractivity contribution in [1.82, 2.24) is 15.5 Å². The van der Waals surface area contributed by atoms with E-state index in [2.05, 4.69) is 54.5 Å². The molecule has 0 aromatic heterocycles. The fourth-order valence-electron chi connectivity index (χ4n) is 3.02. The molecule has 0 saturated heterocycles. The highest BCUT2D eigenvalue weighted by molar-refractivity contribution is 5.79. The Morgan fingerprint density at radius 1 is 1.22 bits per heavy atom. The number of ether oxygens (including phenoxy) is 2. The molecule has 2 rings (SSSR count). The molecule has 0 aliphatic heterocycles. The minimum atomic E-state index is 0.545. The molecule has 6 heteroatoms. The molecule has 0 unspecified atom stereocenters. The molecule has 0 heterocycles. The number of nitrogens with zero attached hydrogens (tertiary/aromatic N) is 2. The van der Waals surface area contributed by atoms with Crippen molar-refractivity contribution in [3.8, 4) is 5.75 Å². The first-order valence-electron chi connectivity index (χ1n) is 10.1. The van der Waals surface area contributed by atoms with E-state index in [9.17, 15) is 0 Å². The fourth-order valence-corrected chi connectivity index (χ4v) is 3.02. The predicted octanol–water partition coefficient (Wildman–Crippen LogP) is 2.56. The summed E-state index contributed by atoms with van der Waals surface area (Å²) >= 11 is 0. The highest BCUT2D eigenvalue weighted by Gasteiger charge is 2.27. The molecule has 1 aliphatic rings. The Kier molecular flexibility index (Phi) is 9.42. The molecule has 1 saturated carbocycles. The van der Waals surface area contributed by atoms with Crippen LogP contribution < -0.4 is 15.4 Å². The topological polar surface area (TPSA) is 58.1 Å². The summed E-state index contributed by atoms with van der Waals surface area (Å²) in [6.07, 6.45) is 2.70. The molecular weight excluding hydrogens is 340 g/mol. The van der Waals surface area contributed by atoms with Gasteiger partial charge in [0.15, 0.2) is 5.96 Å². The summed E-state index contributed by atoms with van der Waals surface area (Å²) in [7, 11) is 1.68. The number of aliphatic imine (C=N–C) groups is 1. The van der Waals surface area contributed by atoms with Crippen LogP contribution in [0.25, 0.3) is 0 Å². The second-order valence-corrected chi connectivity index (χ2v) is 6.93. The summed E-state index contributed by atoms with van der Waals surface area (Å²) in [6, 6.07) is 7.06. The van der Waals surface area contributed by atoms with Gasteiger partial charge in [-0.15, -0.1) is 0 Å². The number of aryl methyl sites for hydroxylation is 1. The van der Waals surface area contributed by atoms with Gasteiger partial charge in [-0.3, -0.25) is 4.90 Å². The maximum absolute atomic E-state index is 5.87. The van der Waals surface area contributed by atoms with Gasteiger partial charge in [-0.2, -0.15) is 0 Å². The highest BCUT2D eigenvalue weighted by Crippen LogP contribution is 2.25. The second kappa shape index (κ2) is 11.8. The Morgan fingerprint density at radius 2 is 2.04 bits per heavy atom. The molecule has 0 amide bonds. The first kappa shape index (κ1) is 21.5. The average molecular weight is 377 g/mol. The fraction of sp³-hybridized carbons (Fsp3) is 0.667. The third-order valence-electron chi connectivity index (χ3n) is 4.68. The zero-order chi connectivity index (χ0) is 19.5. The normalized spacial score (nSPS) is 14.5. The van der Waals surface area contributed by atoms with Gasteiger partial charge in [-0.25, -0.2) is 4.99 Å².